The van der Waals surface area contributed by atoms with E-state index in [1.807, 2.05) is 0 Å². The standard InChI is InChI=1S/C14H12BrN3O3/c1-8-2-5-12(13(6-8)18(20)21)17-14(19)10-7-9(15)3-4-11(10)16/h2-7H,16H2,1H3,(H,17,19). The molecule has 0 spiro atoms. The molecule has 0 fully saturated rings. The lowest BCUT2D eigenvalue weighted by Crippen LogP contribution is -2.15. The van der Waals surface area contributed by atoms with Gasteiger partial charge in [-0.25, -0.2) is 0 Å². The Balaban J connectivity index is 2.36. The first-order chi connectivity index (χ1) is 9.88. The van der Waals surface area contributed by atoms with Crippen molar-refractivity contribution < 1.29 is 9.72 Å². The lowest BCUT2D eigenvalue weighted by atomic mass is 10.1. The summed E-state index contributed by atoms with van der Waals surface area (Å²) in [4.78, 5) is 22.7. The van der Waals surface area contributed by atoms with Crippen LogP contribution in [0.1, 0.15) is 15.9 Å². The van der Waals surface area contributed by atoms with Crippen LogP contribution in [-0.2, 0) is 0 Å². The predicted molar refractivity (Wildman–Crippen MR) is 84.3 cm³/mol. The third kappa shape index (κ3) is 3.38. The van der Waals surface area contributed by atoms with Crippen molar-refractivity contribution in [1.82, 2.24) is 0 Å². The Kier molecular flexibility index (Phi) is 4.23. The van der Waals surface area contributed by atoms with Crippen molar-refractivity contribution in [1.29, 1.82) is 0 Å². The van der Waals surface area contributed by atoms with Gasteiger partial charge in [0.2, 0.25) is 0 Å². The summed E-state index contributed by atoms with van der Waals surface area (Å²) in [6.07, 6.45) is 0. The summed E-state index contributed by atoms with van der Waals surface area (Å²) in [5, 5.41) is 13.6. The number of nitrogens with two attached hydrogens (primary N) is 1. The van der Waals surface area contributed by atoms with Gasteiger partial charge >= 0.3 is 0 Å². The van der Waals surface area contributed by atoms with E-state index in [1.54, 1.807) is 31.2 Å². The number of nitrogens with one attached hydrogen (secondary N) is 1. The maximum absolute atomic E-state index is 12.2. The van der Waals surface area contributed by atoms with Gasteiger partial charge < -0.3 is 11.1 Å². The van der Waals surface area contributed by atoms with Crippen LogP contribution in [-0.4, -0.2) is 10.8 Å². The molecule has 0 radical (unpaired) electrons. The first-order valence-corrected chi connectivity index (χ1v) is 6.79. The van der Waals surface area contributed by atoms with Crippen LogP contribution >= 0.6 is 15.9 Å². The molecule has 0 bridgehead atoms. The Bertz CT molecular complexity index is 731. The van der Waals surface area contributed by atoms with Gasteiger partial charge in [0.05, 0.1) is 10.5 Å². The van der Waals surface area contributed by atoms with Crippen LogP contribution < -0.4 is 11.1 Å². The molecule has 0 saturated carbocycles. The van der Waals surface area contributed by atoms with Crippen molar-refractivity contribution >= 4 is 38.9 Å². The SMILES string of the molecule is Cc1ccc(NC(=O)c2cc(Br)ccc2N)c([N+](=O)[O-])c1. The summed E-state index contributed by atoms with van der Waals surface area (Å²) in [7, 11) is 0. The Morgan fingerprint density at radius 3 is 2.67 bits per heavy atom. The number of hydrogen-bond donors (Lipinski definition) is 2. The van der Waals surface area contributed by atoms with Gasteiger partial charge in [0, 0.05) is 16.2 Å². The number of aryl methyl sites for hydroxylation is 1. The van der Waals surface area contributed by atoms with Crippen molar-refractivity contribution in [3.8, 4) is 0 Å². The maximum atomic E-state index is 12.2. The second-order valence-corrected chi connectivity index (χ2v) is 5.38. The Labute approximate surface area is 129 Å². The van der Waals surface area contributed by atoms with Gasteiger partial charge in [-0.1, -0.05) is 22.0 Å². The number of carbonyl (C=O) groups excluding carboxylic acids is 1. The molecule has 6 nitrogen and oxygen atoms in total. The van der Waals surface area contributed by atoms with Crippen LogP contribution in [0, 0.1) is 17.0 Å². The summed E-state index contributed by atoms with van der Waals surface area (Å²) in [5.41, 5.74) is 7.01. The van der Waals surface area contributed by atoms with Crippen molar-refractivity contribution in [2.45, 2.75) is 6.92 Å². The molecule has 2 aromatic rings. The molecule has 3 N–H and O–H groups in total. The molecule has 0 aliphatic rings. The number of carbonyl (C=O) groups is 1. The zero-order chi connectivity index (χ0) is 15.6. The van der Waals surface area contributed by atoms with Crippen LogP contribution in [0.2, 0.25) is 0 Å². The number of anilines is 2. The number of nitro groups is 1. The molecule has 0 unspecified atom stereocenters. The zero-order valence-corrected chi connectivity index (χ0v) is 12.7. The number of nitro benzene ring substituents is 1. The molecule has 108 valence electrons. The first-order valence-electron chi connectivity index (χ1n) is 6.00. The number of halogens is 1. The quantitative estimate of drug-likeness (QED) is 0.503. The van der Waals surface area contributed by atoms with Crippen LogP contribution in [0.5, 0.6) is 0 Å². The number of nitrogens with zero attached hydrogens (tertiary/aromatic N) is 1. The largest absolute Gasteiger partial charge is 0.398 e. The van der Waals surface area contributed by atoms with Crippen molar-refractivity contribution in [2.75, 3.05) is 11.1 Å². The highest BCUT2D eigenvalue weighted by atomic mass is 79.9. The van der Waals surface area contributed by atoms with Gasteiger partial charge in [-0.05, 0) is 36.8 Å². The fraction of sp³-hybridized carbons (Fsp3) is 0.0714. The van der Waals surface area contributed by atoms with Gasteiger partial charge in [-0.15, -0.1) is 0 Å². The molecule has 0 saturated heterocycles. The minimum absolute atomic E-state index is 0.134. The Hall–Kier alpha value is -2.41. The average molecular weight is 350 g/mol. The van der Waals surface area contributed by atoms with Gasteiger partial charge in [-0.3, -0.25) is 14.9 Å². The van der Waals surface area contributed by atoms with Crippen LogP contribution in [0.4, 0.5) is 17.1 Å². The van der Waals surface area contributed by atoms with E-state index < -0.39 is 10.8 Å². The molecule has 0 heterocycles. The van der Waals surface area contributed by atoms with E-state index in [0.29, 0.717) is 10.2 Å². The average Bonchev–Trinajstić information content (AvgIpc) is 2.43. The van der Waals surface area contributed by atoms with Gasteiger partial charge in [0.1, 0.15) is 5.69 Å². The predicted octanol–water partition coefficient (Wildman–Crippen LogP) is 3.50. The first kappa shape index (κ1) is 15.0. The lowest BCUT2D eigenvalue weighted by Gasteiger charge is -2.09. The summed E-state index contributed by atoms with van der Waals surface area (Å²) in [6, 6.07) is 9.44. The number of rotatable bonds is 3. The molecular weight excluding hydrogens is 338 g/mol. The third-order valence-electron chi connectivity index (χ3n) is 2.86. The van der Waals surface area contributed by atoms with E-state index in [1.165, 1.54) is 12.1 Å². The molecule has 1 amide bonds. The lowest BCUT2D eigenvalue weighted by molar-refractivity contribution is -0.384. The highest BCUT2D eigenvalue weighted by Gasteiger charge is 2.18. The molecule has 21 heavy (non-hydrogen) atoms. The smallest absolute Gasteiger partial charge is 0.293 e. The zero-order valence-electron chi connectivity index (χ0n) is 11.1. The third-order valence-corrected chi connectivity index (χ3v) is 3.35. The molecule has 7 heteroatoms. The summed E-state index contributed by atoms with van der Waals surface area (Å²) in [5.74, 6) is -0.499. The number of benzene rings is 2. The number of amides is 1. The van der Waals surface area contributed by atoms with E-state index in [0.717, 1.165) is 5.56 Å². The van der Waals surface area contributed by atoms with Crippen molar-refractivity contribution in [3.63, 3.8) is 0 Å². The van der Waals surface area contributed by atoms with Crippen LogP contribution in [0.15, 0.2) is 40.9 Å². The second kappa shape index (κ2) is 5.92. The van der Waals surface area contributed by atoms with E-state index in [-0.39, 0.29) is 16.9 Å². The van der Waals surface area contributed by atoms with Gasteiger partial charge in [0.25, 0.3) is 11.6 Å². The maximum Gasteiger partial charge on any atom is 0.293 e. The van der Waals surface area contributed by atoms with Crippen molar-refractivity contribution in [2.24, 2.45) is 0 Å². The summed E-state index contributed by atoms with van der Waals surface area (Å²) >= 11 is 3.25. The molecule has 2 aromatic carbocycles. The van der Waals surface area contributed by atoms with E-state index in [4.69, 9.17) is 5.73 Å². The van der Waals surface area contributed by atoms with E-state index >= 15 is 0 Å². The summed E-state index contributed by atoms with van der Waals surface area (Å²) in [6.45, 7) is 1.74. The molecule has 0 aliphatic carbocycles. The minimum atomic E-state index is -0.535. The second-order valence-electron chi connectivity index (χ2n) is 4.46. The van der Waals surface area contributed by atoms with E-state index in [2.05, 4.69) is 21.2 Å². The highest BCUT2D eigenvalue weighted by Crippen LogP contribution is 2.27. The van der Waals surface area contributed by atoms with Crippen LogP contribution in [0.25, 0.3) is 0 Å². The fourth-order valence-corrected chi connectivity index (χ4v) is 2.17. The minimum Gasteiger partial charge on any atom is -0.398 e. The van der Waals surface area contributed by atoms with Crippen LogP contribution in [0.3, 0.4) is 0 Å². The van der Waals surface area contributed by atoms with Gasteiger partial charge in [0.15, 0.2) is 0 Å². The molecule has 2 rings (SSSR count). The van der Waals surface area contributed by atoms with E-state index in [9.17, 15) is 14.9 Å². The molecular formula is C14H12BrN3O3. The van der Waals surface area contributed by atoms with Gasteiger partial charge in [-0.2, -0.15) is 0 Å². The fourth-order valence-electron chi connectivity index (χ4n) is 1.81. The molecule has 0 aliphatic heterocycles. The number of hydrogen-bond acceptors (Lipinski definition) is 4. The monoisotopic (exact) mass is 349 g/mol. The number of nitrogen functional groups attached to an aromatic ring is 1. The summed E-state index contributed by atoms with van der Waals surface area (Å²) < 4.78 is 0.695. The Morgan fingerprint density at radius 1 is 1.29 bits per heavy atom. The Morgan fingerprint density at radius 2 is 2.00 bits per heavy atom. The highest BCUT2D eigenvalue weighted by molar-refractivity contribution is 9.10. The molecule has 0 aromatic heterocycles. The topological polar surface area (TPSA) is 98.3 Å². The van der Waals surface area contributed by atoms with Crippen molar-refractivity contribution in [3.05, 3.63) is 62.1 Å². The molecule has 0 atom stereocenters. The normalized spacial score (nSPS) is 10.2.